The second-order valence-corrected chi connectivity index (χ2v) is 13.8. The number of imide groups is 2. The van der Waals surface area contributed by atoms with Crippen molar-refractivity contribution in [3.63, 3.8) is 0 Å². The number of nitrogens with one attached hydrogen (secondary N) is 2. The van der Waals surface area contributed by atoms with Gasteiger partial charge < -0.3 is 29.8 Å². The first kappa shape index (κ1) is 40.8. The fraction of sp³-hybridized carbons (Fsp3) is 0.268. The maximum Gasteiger partial charge on any atom is 0.277 e. The molecule has 3 aromatic heterocycles. The van der Waals surface area contributed by atoms with E-state index in [1.165, 1.54) is 22.0 Å². The highest BCUT2D eigenvalue weighted by atomic mass is 16.5. The molecule has 1 atom stereocenters. The summed E-state index contributed by atoms with van der Waals surface area (Å²) in [5.41, 5.74) is 8.11. The van der Waals surface area contributed by atoms with Gasteiger partial charge in [-0.25, -0.2) is 9.67 Å². The van der Waals surface area contributed by atoms with E-state index in [-0.39, 0.29) is 66.1 Å². The molecule has 2 aromatic carbocycles. The third-order valence-electron chi connectivity index (χ3n) is 9.82. The molecule has 0 bridgehead atoms. The molecule has 1 unspecified atom stereocenters. The van der Waals surface area contributed by atoms with Crippen molar-refractivity contribution in [2.45, 2.75) is 31.7 Å². The lowest BCUT2D eigenvalue weighted by Crippen LogP contribution is -2.54. The van der Waals surface area contributed by atoms with Gasteiger partial charge in [0.15, 0.2) is 11.4 Å². The molecule has 7 rings (SSSR count). The fourth-order valence-electron chi connectivity index (χ4n) is 6.73. The highest BCUT2D eigenvalue weighted by Crippen LogP contribution is 2.30. The third-order valence-corrected chi connectivity index (χ3v) is 9.82. The van der Waals surface area contributed by atoms with Crippen LogP contribution in [-0.2, 0) is 25.5 Å². The van der Waals surface area contributed by atoms with Crippen molar-refractivity contribution >= 4 is 47.0 Å². The van der Waals surface area contributed by atoms with Crippen molar-refractivity contribution in [1.29, 1.82) is 0 Å². The number of nitrogens with two attached hydrogens (primary N) is 1. The molecule has 0 saturated carbocycles. The second-order valence-electron chi connectivity index (χ2n) is 13.8. The number of likely N-dealkylation sites (N-methyl/N-ethyl adjacent to an activating group) is 1. The molecule has 0 aliphatic carbocycles. The average molecular weight is 818 g/mol. The molecule has 2 aliphatic rings. The Balaban J connectivity index is 0.826. The number of ether oxygens (including phenoxy) is 2. The first-order valence-corrected chi connectivity index (χ1v) is 18.9. The summed E-state index contributed by atoms with van der Waals surface area (Å²) >= 11 is 0. The number of carbonyl (C=O) groups is 7. The lowest BCUT2D eigenvalue weighted by atomic mass is 9.99. The highest BCUT2D eigenvalue weighted by molar-refractivity contribution is 6.24. The Kier molecular flexibility index (Phi) is 12.3. The molecule has 2 aliphatic heterocycles. The van der Waals surface area contributed by atoms with E-state index in [0.717, 1.165) is 4.90 Å². The zero-order valence-electron chi connectivity index (χ0n) is 32.3. The van der Waals surface area contributed by atoms with Gasteiger partial charge in [0.1, 0.15) is 12.3 Å². The largest absolute Gasteiger partial charge is 0.444 e. The summed E-state index contributed by atoms with van der Waals surface area (Å²) in [5, 5.41) is 9.03. The number of hydrogen-bond donors (Lipinski definition) is 3. The molecule has 1 saturated heterocycles. The van der Waals surface area contributed by atoms with Gasteiger partial charge in [0.05, 0.1) is 48.5 Å². The Bertz CT molecular complexity index is 2460. The molecule has 5 heterocycles. The Labute approximate surface area is 341 Å². The number of piperidine rings is 1. The number of benzene rings is 2. The zero-order valence-corrected chi connectivity index (χ0v) is 32.3. The molecule has 19 heteroatoms. The summed E-state index contributed by atoms with van der Waals surface area (Å²) in [4.78, 5) is 99.2. The monoisotopic (exact) mass is 817 g/mol. The van der Waals surface area contributed by atoms with E-state index in [2.05, 4.69) is 25.7 Å². The molecule has 7 amide bonds. The minimum absolute atomic E-state index is 0.0284. The lowest BCUT2D eigenvalue weighted by Gasteiger charge is -2.27. The van der Waals surface area contributed by atoms with Crippen LogP contribution in [0.1, 0.15) is 76.9 Å². The van der Waals surface area contributed by atoms with Gasteiger partial charge in [-0.1, -0.05) is 12.1 Å². The van der Waals surface area contributed by atoms with Crippen LogP contribution in [0.25, 0.3) is 17.1 Å². The quantitative estimate of drug-likeness (QED) is 0.0902. The summed E-state index contributed by atoms with van der Waals surface area (Å²) in [6, 6.07) is 13.9. The molecule has 0 radical (unpaired) electrons. The molecule has 19 nitrogen and oxygen atoms in total. The number of anilines is 1. The molecule has 0 spiro atoms. The van der Waals surface area contributed by atoms with E-state index in [1.54, 1.807) is 74.0 Å². The number of pyridine rings is 1. The Hall–Kier alpha value is -7.38. The minimum atomic E-state index is -1.02. The molecule has 5 aromatic rings. The van der Waals surface area contributed by atoms with E-state index < -0.39 is 41.5 Å². The van der Waals surface area contributed by atoms with Crippen LogP contribution in [0.5, 0.6) is 0 Å². The number of rotatable bonds is 17. The molecule has 308 valence electrons. The van der Waals surface area contributed by atoms with Crippen molar-refractivity contribution in [3.05, 3.63) is 113 Å². The van der Waals surface area contributed by atoms with Gasteiger partial charge in [0.25, 0.3) is 29.5 Å². The molecule has 1 fully saturated rings. The smallest absolute Gasteiger partial charge is 0.277 e. The zero-order chi connectivity index (χ0) is 42.3. The number of amides is 7. The standard InChI is InChI=1S/C41H39N9O10/c1-48(17-19-59-21-20-58-18-3-5-24-4-2-6-28-33(24)41(57)50(40(28)56)31-11-12-32(51)46-37(31)54)39(55)26-7-9-27(10-8-26)49-22-29(34(47-49)35(42)52)44-36(53)30-23-60-38(45-30)25-13-15-43-16-14-25/h2,4,6-10,13-16,22-23,31H,3,5,11-12,17-21H2,1H3,(H2,42,52)(H,44,53)(H,46,51,54). The predicted molar refractivity (Wildman–Crippen MR) is 210 cm³/mol. The number of oxazole rings is 1. The van der Waals surface area contributed by atoms with E-state index in [0.29, 0.717) is 55.0 Å². The fourth-order valence-corrected chi connectivity index (χ4v) is 6.73. The van der Waals surface area contributed by atoms with Crippen LogP contribution in [0.3, 0.4) is 0 Å². The molecule has 60 heavy (non-hydrogen) atoms. The number of nitrogens with zero attached hydrogens (tertiary/aromatic N) is 6. The summed E-state index contributed by atoms with van der Waals surface area (Å²) < 4.78 is 18.1. The van der Waals surface area contributed by atoms with Gasteiger partial charge in [0.2, 0.25) is 17.7 Å². The van der Waals surface area contributed by atoms with E-state index in [4.69, 9.17) is 19.6 Å². The van der Waals surface area contributed by atoms with Gasteiger partial charge >= 0.3 is 0 Å². The van der Waals surface area contributed by atoms with Crippen molar-refractivity contribution in [1.82, 2.24) is 34.9 Å². The minimum Gasteiger partial charge on any atom is -0.444 e. The number of aromatic nitrogens is 4. The first-order valence-electron chi connectivity index (χ1n) is 18.9. The normalized spacial score (nSPS) is 14.9. The molecule has 4 N–H and O–H groups in total. The topological polar surface area (TPSA) is 251 Å². The first-order chi connectivity index (χ1) is 29.0. The van der Waals surface area contributed by atoms with Crippen LogP contribution in [0.15, 0.2) is 83.9 Å². The summed E-state index contributed by atoms with van der Waals surface area (Å²) in [7, 11) is 1.65. The van der Waals surface area contributed by atoms with Crippen molar-refractivity contribution in [3.8, 4) is 17.1 Å². The van der Waals surface area contributed by atoms with Gasteiger partial charge in [-0.2, -0.15) is 5.10 Å². The molecular formula is C41H39N9O10. The van der Waals surface area contributed by atoms with Gasteiger partial charge in [0, 0.05) is 50.1 Å². The number of primary amides is 1. The van der Waals surface area contributed by atoms with Crippen LogP contribution in [0.4, 0.5) is 5.69 Å². The lowest BCUT2D eigenvalue weighted by molar-refractivity contribution is -0.136. The number of carbonyl (C=O) groups excluding carboxylic acids is 7. The third kappa shape index (κ3) is 8.86. The van der Waals surface area contributed by atoms with Crippen molar-refractivity contribution in [2.75, 3.05) is 45.3 Å². The Morgan fingerprint density at radius 2 is 1.72 bits per heavy atom. The van der Waals surface area contributed by atoms with Crippen LogP contribution in [-0.4, -0.2) is 117 Å². The number of hydrogen-bond acceptors (Lipinski definition) is 13. The highest BCUT2D eigenvalue weighted by Gasteiger charge is 2.45. The summed E-state index contributed by atoms with van der Waals surface area (Å²) in [6.45, 7) is 1.53. The molecular weight excluding hydrogens is 779 g/mol. The Morgan fingerprint density at radius 3 is 2.45 bits per heavy atom. The Morgan fingerprint density at radius 1 is 0.967 bits per heavy atom. The predicted octanol–water partition coefficient (Wildman–Crippen LogP) is 2.41. The van der Waals surface area contributed by atoms with Crippen LogP contribution < -0.4 is 16.4 Å². The number of aryl methyl sites for hydroxylation is 1. The summed E-state index contributed by atoms with van der Waals surface area (Å²) in [5.74, 6) is -3.71. The maximum absolute atomic E-state index is 13.3. The van der Waals surface area contributed by atoms with Crippen LogP contribution in [0, 0.1) is 0 Å². The van der Waals surface area contributed by atoms with Gasteiger partial charge in [-0.15, -0.1) is 0 Å². The maximum atomic E-state index is 13.3. The number of fused-ring (bicyclic) bond motifs is 1. The summed E-state index contributed by atoms with van der Waals surface area (Å²) in [6.07, 6.45) is 6.92. The SMILES string of the molecule is CN(CCOCCOCCCc1cccc2c1C(=O)N(C1CCC(=O)NC1=O)C2=O)C(=O)c1ccc(-n2cc(NC(=O)c3coc(-c4ccncc4)n3)c(C(N)=O)n2)cc1. The van der Waals surface area contributed by atoms with Gasteiger partial charge in [-0.05, 0) is 67.3 Å². The van der Waals surface area contributed by atoms with Crippen LogP contribution >= 0.6 is 0 Å². The average Bonchev–Trinajstić information content (AvgIpc) is 3.98. The van der Waals surface area contributed by atoms with Crippen molar-refractivity contribution < 1.29 is 47.5 Å². The second kappa shape index (κ2) is 18.0. The van der Waals surface area contributed by atoms with E-state index in [9.17, 15) is 33.6 Å². The van der Waals surface area contributed by atoms with E-state index in [1.807, 2.05) is 0 Å². The van der Waals surface area contributed by atoms with Gasteiger partial charge in [-0.3, -0.25) is 48.8 Å². The van der Waals surface area contributed by atoms with E-state index >= 15 is 0 Å². The van der Waals surface area contributed by atoms with Crippen LogP contribution in [0.2, 0.25) is 0 Å². The van der Waals surface area contributed by atoms with Crippen molar-refractivity contribution in [2.24, 2.45) is 5.73 Å².